The molecule has 0 heterocycles. The van der Waals surface area contributed by atoms with Crippen LogP contribution in [0.15, 0.2) is 18.2 Å². The van der Waals surface area contributed by atoms with Crippen LogP contribution in [0.2, 0.25) is 0 Å². The van der Waals surface area contributed by atoms with Crippen molar-refractivity contribution in [2.45, 2.75) is 46.7 Å². The van der Waals surface area contributed by atoms with Crippen LogP contribution in [-0.2, 0) is 9.53 Å². The van der Waals surface area contributed by atoms with Crippen molar-refractivity contribution < 1.29 is 14.3 Å². The minimum absolute atomic E-state index is 0.154. The summed E-state index contributed by atoms with van der Waals surface area (Å²) in [5.74, 6) is 0.647. The molecular weight excluding hydrogens is 292 g/mol. The lowest BCUT2D eigenvalue weighted by molar-refractivity contribution is -0.125. The van der Waals surface area contributed by atoms with Gasteiger partial charge in [-0.15, -0.1) is 0 Å². The van der Waals surface area contributed by atoms with Gasteiger partial charge >= 0.3 is 0 Å². The van der Waals surface area contributed by atoms with E-state index in [1.807, 2.05) is 32.0 Å². The first-order valence-corrected chi connectivity index (χ1v) is 7.90. The number of nitrogens with two attached hydrogens (primary N) is 1. The van der Waals surface area contributed by atoms with E-state index in [0.29, 0.717) is 6.61 Å². The van der Waals surface area contributed by atoms with Gasteiger partial charge in [0.15, 0.2) is 0 Å². The predicted molar refractivity (Wildman–Crippen MR) is 92.6 cm³/mol. The second-order valence-corrected chi connectivity index (χ2v) is 7.02. The largest absolute Gasteiger partial charge is 0.491 e. The molecule has 1 rings (SSSR count). The standard InChI is InChI=1S/C18H30N2O3/c1-12-8-7-9-13(2)16(12)23-11-15(18(3,4)5)20-17(21)14(19)10-22-6/h7-9,14-15H,10-11,19H2,1-6H3,(H,20,21). The number of amides is 1. The van der Waals surface area contributed by atoms with E-state index in [1.54, 1.807) is 0 Å². The molecule has 0 saturated carbocycles. The van der Waals surface area contributed by atoms with Gasteiger partial charge < -0.3 is 20.5 Å². The number of carbonyl (C=O) groups is 1. The van der Waals surface area contributed by atoms with Crippen molar-refractivity contribution in [1.82, 2.24) is 5.32 Å². The van der Waals surface area contributed by atoms with Gasteiger partial charge in [0.05, 0.1) is 12.6 Å². The van der Waals surface area contributed by atoms with Gasteiger partial charge in [0.1, 0.15) is 18.4 Å². The Labute approximate surface area is 139 Å². The molecular formula is C18H30N2O3. The summed E-state index contributed by atoms with van der Waals surface area (Å²) in [6, 6.07) is 5.20. The molecule has 2 atom stereocenters. The molecule has 2 unspecified atom stereocenters. The summed E-state index contributed by atoms with van der Waals surface area (Å²) in [5, 5.41) is 2.98. The molecule has 0 radical (unpaired) electrons. The molecule has 5 nitrogen and oxygen atoms in total. The van der Waals surface area contributed by atoms with Crippen molar-refractivity contribution in [1.29, 1.82) is 0 Å². The van der Waals surface area contributed by atoms with E-state index < -0.39 is 6.04 Å². The first-order chi connectivity index (χ1) is 10.7. The normalized spacial score (nSPS) is 14.2. The summed E-state index contributed by atoms with van der Waals surface area (Å²) in [4.78, 5) is 12.2. The molecule has 130 valence electrons. The van der Waals surface area contributed by atoms with E-state index in [-0.39, 0.29) is 24.0 Å². The molecule has 0 fully saturated rings. The summed E-state index contributed by atoms with van der Waals surface area (Å²) in [5.41, 5.74) is 7.81. The van der Waals surface area contributed by atoms with Crippen LogP contribution in [0.3, 0.4) is 0 Å². The third kappa shape index (κ3) is 5.84. The molecule has 0 bridgehead atoms. The minimum Gasteiger partial charge on any atom is -0.491 e. The van der Waals surface area contributed by atoms with E-state index in [9.17, 15) is 4.79 Å². The number of nitrogens with one attached hydrogen (secondary N) is 1. The molecule has 5 heteroatoms. The molecule has 1 amide bonds. The van der Waals surface area contributed by atoms with Crippen LogP contribution in [0.5, 0.6) is 5.75 Å². The highest BCUT2D eigenvalue weighted by molar-refractivity contribution is 5.82. The molecule has 0 aliphatic carbocycles. The van der Waals surface area contributed by atoms with Crippen LogP contribution in [0.4, 0.5) is 0 Å². The zero-order chi connectivity index (χ0) is 17.6. The Kier molecular flexibility index (Phi) is 7.03. The van der Waals surface area contributed by atoms with Gasteiger partial charge in [0.2, 0.25) is 5.91 Å². The molecule has 0 saturated heterocycles. The highest BCUT2D eigenvalue weighted by Crippen LogP contribution is 2.25. The summed E-state index contributed by atoms with van der Waals surface area (Å²) in [7, 11) is 1.53. The third-order valence-corrected chi connectivity index (χ3v) is 3.85. The number of hydrogen-bond donors (Lipinski definition) is 2. The Morgan fingerprint density at radius 2 is 1.78 bits per heavy atom. The lowest BCUT2D eigenvalue weighted by Gasteiger charge is -2.32. The van der Waals surface area contributed by atoms with E-state index in [4.69, 9.17) is 15.2 Å². The summed E-state index contributed by atoms with van der Waals surface area (Å²) in [6.45, 7) is 10.8. The molecule has 0 aliphatic rings. The van der Waals surface area contributed by atoms with Gasteiger partial charge in [-0.3, -0.25) is 4.79 Å². The molecule has 1 aromatic rings. The topological polar surface area (TPSA) is 73.6 Å². The lowest BCUT2D eigenvalue weighted by atomic mass is 9.87. The fourth-order valence-electron chi connectivity index (χ4n) is 2.24. The first-order valence-electron chi connectivity index (χ1n) is 7.90. The number of benzene rings is 1. The molecule has 23 heavy (non-hydrogen) atoms. The lowest BCUT2D eigenvalue weighted by Crippen LogP contribution is -2.53. The van der Waals surface area contributed by atoms with Crippen LogP contribution in [-0.4, -0.2) is 38.3 Å². The van der Waals surface area contributed by atoms with E-state index >= 15 is 0 Å². The predicted octanol–water partition coefficient (Wildman–Crippen LogP) is 2.19. The highest BCUT2D eigenvalue weighted by Gasteiger charge is 2.29. The summed E-state index contributed by atoms with van der Waals surface area (Å²) in [6.07, 6.45) is 0. The first kappa shape index (κ1) is 19.5. The number of aryl methyl sites for hydroxylation is 2. The third-order valence-electron chi connectivity index (χ3n) is 3.85. The molecule has 0 aliphatic heterocycles. The minimum atomic E-state index is -0.676. The number of ether oxygens (including phenoxy) is 2. The Hall–Kier alpha value is -1.59. The van der Waals surface area contributed by atoms with Crippen LogP contribution < -0.4 is 15.8 Å². The monoisotopic (exact) mass is 322 g/mol. The fourth-order valence-corrected chi connectivity index (χ4v) is 2.24. The van der Waals surface area contributed by atoms with Gasteiger partial charge in [0.25, 0.3) is 0 Å². The Morgan fingerprint density at radius 1 is 1.22 bits per heavy atom. The van der Waals surface area contributed by atoms with Crippen molar-refractivity contribution in [2.24, 2.45) is 11.1 Å². The smallest absolute Gasteiger partial charge is 0.239 e. The zero-order valence-electron chi connectivity index (χ0n) is 15.1. The molecule has 0 spiro atoms. The van der Waals surface area contributed by atoms with Crippen molar-refractivity contribution in [2.75, 3.05) is 20.3 Å². The van der Waals surface area contributed by atoms with E-state index in [1.165, 1.54) is 7.11 Å². The molecule has 0 aromatic heterocycles. The van der Waals surface area contributed by atoms with Crippen LogP contribution >= 0.6 is 0 Å². The van der Waals surface area contributed by atoms with Gasteiger partial charge in [-0.05, 0) is 30.4 Å². The SMILES string of the molecule is COCC(N)C(=O)NC(COc1c(C)cccc1C)C(C)(C)C. The second kappa shape index (κ2) is 8.31. The maximum atomic E-state index is 12.2. The second-order valence-electron chi connectivity index (χ2n) is 7.02. The number of rotatable bonds is 7. The Morgan fingerprint density at radius 3 is 2.26 bits per heavy atom. The summed E-state index contributed by atoms with van der Waals surface area (Å²) >= 11 is 0. The molecule has 3 N–H and O–H groups in total. The fraction of sp³-hybridized carbons (Fsp3) is 0.611. The Balaban J connectivity index is 2.79. The van der Waals surface area contributed by atoms with Crippen LogP contribution in [0.1, 0.15) is 31.9 Å². The van der Waals surface area contributed by atoms with E-state index in [0.717, 1.165) is 16.9 Å². The van der Waals surface area contributed by atoms with Crippen molar-refractivity contribution in [3.05, 3.63) is 29.3 Å². The van der Waals surface area contributed by atoms with Crippen molar-refractivity contribution >= 4 is 5.91 Å². The van der Waals surface area contributed by atoms with Crippen LogP contribution in [0.25, 0.3) is 0 Å². The van der Waals surface area contributed by atoms with Gasteiger partial charge in [-0.2, -0.15) is 0 Å². The van der Waals surface area contributed by atoms with Gasteiger partial charge in [0, 0.05) is 7.11 Å². The van der Waals surface area contributed by atoms with Crippen molar-refractivity contribution in [3.63, 3.8) is 0 Å². The number of para-hydroxylation sites is 1. The van der Waals surface area contributed by atoms with Crippen molar-refractivity contribution in [3.8, 4) is 5.75 Å². The average Bonchev–Trinajstić information content (AvgIpc) is 2.44. The molecule has 1 aromatic carbocycles. The number of methoxy groups -OCH3 is 1. The maximum Gasteiger partial charge on any atom is 0.239 e. The van der Waals surface area contributed by atoms with E-state index in [2.05, 4.69) is 26.1 Å². The quantitative estimate of drug-likeness (QED) is 0.807. The summed E-state index contributed by atoms with van der Waals surface area (Å²) < 4.78 is 10.9. The number of hydrogen-bond acceptors (Lipinski definition) is 4. The number of carbonyl (C=O) groups excluding carboxylic acids is 1. The average molecular weight is 322 g/mol. The maximum absolute atomic E-state index is 12.2. The Bertz CT molecular complexity index is 503. The highest BCUT2D eigenvalue weighted by atomic mass is 16.5. The zero-order valence-corrected chi connectivity index (χ0v) is 15.1. The van der Waals surface area contributed by atoms with Crippen LogP contribution in [0, 0.1) is 19.3 Å². The van der Waals surface area contributed by atoms with Gasteiger partial charge in [-0.25, -0.2) is 0 Å². The van der Waals surface area contributed by atoms with Gasteiger partial charge in [-0.1, -0.05) is 39.0 Å².